The third-order valence-corrected chi connectivity index (χ3v) is 4.90. The summed E-state index contributed by atoms with van der Waals surface area (Å²) in [4.78, 5) is 18.3. The second-order valence-corrected chi connectivity index (χ2v) is 6.66. The molecule has 10 heteroatoms. The Kier molecular flexibility index (Phi) is 4.45. The third-order valence-electron chi connectivity index (χ3n) is 2.33. The molecule has 0 fully saturated rings. The molecule has 0 aliphatic heterocycles. The van der Waals surface area contributed by atoms with Crippen molar-refractivity contribution in [3.8, 4) is 0 Å². The van der Waals surface area contributed by atoms with Crippen molar-refractivity contribution >= 4 is 49.5 Å². The number of carbonyl (C=O) groups is 1. The zero-order valence-corrected chi connectivity index (χ0v) is 13.3. The van der Waals surface area contributed by atoms with Gasteiger partial charge in [0.05, 0.1) is 15.5 Å². The molecule has 2 N–H and O–H groups in total. The van der Waals surface area contributed by atoms with Gasteiger partial charge in [-0.3, -0.25) is 0 Å². The van der Waals surface area contributed by atoms with Crippen LogP contribution in [0.4, 0.5) is 5.95 Å². The van der Waals surface area contributed by atoms with Crippen molar-refractivity contribution in [2.45, 2.75) is 4.90 Å². The van der Waals surface area contributed by atoms with Crippen LogP contribution in [0.1, 0.15) is 10.4 Å². The number of nitrogens with one attached hydrogen (secondary N) is 1. The average molecular weight is 393 g/mol. The lowest BCUT2D eigenvalue weighted by atomic mass is 10.2. The highest BCUT2D eigenvalue weighted by Gasteiger charge is 2.21. The average Bonchev–Trinajstić information content (AvgIpc) is 2.41. The van der Waals surface area contributed by atoms with Gasteiger partial charge in [-0.05, 0) is 34.1 Å². The van der Waals surface area contributed by atoms with Crippen molar-refractivity contribution in [2.24, 2.45) is 0 Å². The van der Waals surface area contributed by atoms with Gasteiger partial charge in [0.25, 0.3) is 10.0 Å². The summed E-state index contributed by atoms with van der Waals surface area (Å²) in [6.45, 7) is 0. The zero-order valence-electron chi connectivity index (χ0n) is 10.1. The summed E-state index contributed by atoms with van der Waals surface area (Å²) in [5.74, 6) is -1.46. The van der Waals surface area contributed by atoms with Gasteiger partial charge in [0, 0.05) is 16.9 Å². The topological polar surface area (TPSA) is 109 Å². The highest BCUT2D eigenvalue weighted by molar-refractivity contribution is 9.10. The van der Waals surface area contributed by atoms with Crippen molar-refractivity contribution in [3.05, 3.63) is 45.7 Å². The van der Waals surface area contributed by atoms with Gasteiger partial charge < -0.3 is 5.11 Å². The van der Waals surface area contributed by atoms with E-state index in [1.165, 1.54) is 24.5 Å². The number of anilines is 1. The van der Waals surface area contributed by atoms with E-state index in [-0.39, 0.29) is 25.9 Å². The Morgan fingerprint density at radius 3 is 2.48 bits per heavy atom. The van der Waals surface area contributed by atoms with Crippen LogP contribution in [0.2, 0.25) is 5.02 Å². The fourth-order valence-corrected chi connectivity index (χ4v) is 3.22. The van der Waals surface area contributed by atoms with Gasteiger partial charge in [-0.1, -0.05) is 11.6 Å². The molecule has 7 nitrogen and oxygen atoms in total. The van der Waals surface area contributed by atoms with E-state index in [1.54, 1.807) is 0 Å². The summed E-state index contributed by atoms with van der Waals surface area (Å²) in [7, 11) is -4.04. The predicted octanol–water partition coefficient (Wildman–Crippen LogP) is 2.39. The monoisotopic (exact) mass is 391 g/mol. The number of hydrogen-bond acceptors (Lipinski definition) is 5. The minimum absolute atomic E-state index is 0.0857. The molecule has 110 valence electrons. The molecule has 0 spiro atoms. The molecule has 0 aliphatic carbocycles. The Bertz CT molecular complexity index is 799. The zero-order chi connectivity index (χ0) is 15.6. The molecule has 0 radical (unpaired) electrons. The molecule has 2 rings (SSSR count). The van der Waals surface area contributed by atoms with Gasteiger partial charge in [0.15, 0.2) is 0 Å². The van der Waals surface area contributed by atoms with E-state index in [2.05, 4.69) is 30.6 Å². The van der Waals surface area contributed by atoms with E-state index in [1.807, 2.05) is 0 Å². The SMILES string of the molecule is O=C(O)c1cc(S(=O)(=O)Nc2ncccn2)cc(Br)c1Cl. The van der Waals surface area contributed by atoms with Gasteiger partial charge in [0.2, 0.25) is 5.95 Å². The third kappa shape index (κ3) is 3.49. The molecular formula is C11H7BrClN3O4S. The minimum atomic E-state index is -4.04. The summed E-state index contributed by atoms with van der Waals surface area (Å²) in [5, 5.41) is 8.94. The quantitative estimate of drug-likeness (QED) is 0.827. The van der Waals surface area contributed by atoms with Gasteiger partial charge in [-0.15, -0.1) is 0 Å². The lowest BCUT2D eigenvalue weighted by Crippen LogP contribution is -2.15. The van der Waals surface area contributed by atoms with Gasteiger partial charge in [-0.2, -0.15) is 0 Å². The Morgan fingerprint density at radius 2 is 1.90 bits per heavy atom. The molecule has 0 aliphatic rings. The van der Waals surface area contributed by atoms with Crippen molar-refractivity contribution < 1.29 is 18.3 Å². The number of carboxylic acid groups (broad SMARTS) is 1. The van der Waals surface area contributed by atoms with Gasteiger partial charge in [0.1, 0.15) is 0 Å². The first-order chi connectivity index (χ1) is 9.81. The fraction of sp³-hybridized carbons (Fsp3) is 0. The summed E-state index contributed by atoms with van der Waals surface area (Å²) >= 11 is 8.83. The van der Waals surface area contributed by atoms with E-state index >= 15 is 0 Å². The second-order valence-electron chi connectivity index (χ2n) is 3.75. The Labute approximate surface area is 133 Å². The van der Waals surface area contributed by atoms with Crippen molar-refractivity contribution in [1.29, 1.82) is 0 Å². The Hall–Kier alpha value is -1.71. The maximum atomic E-state index is 12.2. The molecule has 0 saturated heterocycles. The maximum absolute atomic E-state index is 12.2. The normalized spacial score (nSPS) is 11.1. The predicted molar refractivity (Wildman–Crippen MR) is 79.0 cm³/mol. The molecule has 2 aromatic rings. The van der Waals surface area contributed by atoms with Crippen LogP contribution in [0.5, 0.6) is 0 Å². The number of benzene rings is 1. The number of hydrogen-bond donors (Lipinski definition) is 2. The fourth-order valence-electron chi connectivity index (χ4n) is 1.41. The molecule has 0 atom stereocenters. The largest absolute Gasteiger partial charge is 0.478 e. The van der Waals surface area contributed by atoms with Crippen LogP contribution >= 0.6 is 27.5 Å². The number of halogens is 2. The van der Waals surface area contributed by atoms with E-state index in [0.29, 0.717) is 0 Å². The molecule has 1 aromatic heterocycles. The second kappa shape index (κ2) is 5.96. The van der Waals surface area contributed by atoms with E-state index in [9.17, 15) is 13.2 Å². The highest BCUT2D eigenvalue weighted by atomic mass is 79.9. The first-order valence-electron chi connectivity index (χ1n) is 5.33. The summed E-state index contributed by atoms with van der Waals surface area (Å²) < 4.78 is 26.7. The van der Waals surface area contributed by atoms with Crippen molar-refractivity contribution in [3.63, 3.8) is 0 Å². The molecule has 21 heavy (non-hydrogen) atoms. The molecular weight excluding hydrogens is 386 g/mol. The van der Waals surface area contributed by atoms with E-state index in [4.69, 9.17) is 16.7 Å². The molecule has 0 unspecified atom stereocenters. The van der Waals surface area contributed by atoms with E-state index in [0.717, 1.165) is 6.07 Å². The number of nitrogens with zero attached hydrogens (tertiary/aromatic N) is 2. The van der Waals surface area contributed by atoms with Crippen LogP contribution in [0, 0.1) is 0 Å². The first kappa shape index (κ1) is 15.7. The molecule has 0 bridgehead atoms. The summed E-state index contributed by atoms with van der Waals surface area (Å²) in [5.41, 5.74) is -0.333. The lowest BCUT2D eigenvalue weighted by molar-refractivity contribution is 0.0696. The summed E-state index contributed by atoms with van der Waals surface area (Å²) in [6.07, 6.45) is 2.73. The standard InChI is InChI=1S/C11H7BrClN3O4S/c12-8-5-6(4-7(9(8)13)10(17)18)21(19,20)16-11-14-2-1-3-15-11/h1-5H,(H,17,18)(H,14,15,16). The minimum Gasteiger partial charge on any atom is -0.478 e. The van der Waals surface area contributed by atoms with Crippen molar-refractivity contribution in [1.82, 2.24) is 9.97 Å². The van der Waals surface area contributed by atoms with Crippen LogP contribution in [-0.2, 0) is 10.0 Å². The van der Waals surface area contributed by atoms with Crippen LogP contribution in [0.15, 0.2) is 40.0 Å². The van der Waals surface area contributed by atoms with Crippen molar-refractivity contribution in [2.75, 3.05) is 4.72 Å². The van der Waals surface area contributed by atoms with E-state index < -0.39 is 16.0 Å². The Balaban J connectivity index is 2.48. The van der Waals surface area contributed by atoms with Crippen LogP contribution in [0.3, 0.4) is 0 Å². The number of aromatic nitrogens is 2. The Morgan fingerprint density at radius 1 is 1.29 bits per heavy atom. The summed E-state index contributed by atoms with van der Waals surface area (Å²) in [6, 6.07) is 3.68. The molecule has 1 heterocycles. The number of sulfonamides is 1. The molecule has 1 aromatic carbocycles. The van der Waals surface area contributed by atoms with Crippen LogP contribution in [0.25, 0.3) is 0 Å². The lowest BCUT2D eigenvalue weighted by Gasteiger charge is -2.09. The first-order valence-corrected chi connectivity index (χ1v) is 7.99. The smallest absolute Gasteiger partial charge is 0.337 e. The van der Waals surface area contributed by atoms with Gasteiger partial charge >= 0.3 is 5.97 Å². The number of carboxylic acids is 1. The number of aromatic carboxylic acids is 1. The maximum Gasteiger partial charge on any atom is 0.337 e. The highest BCUT2D eigenvalue weighted by Crippen LogP contribution is 2.30. The number of rotatable bonds is 4. The van der Waals surface area contributed by atoms with Gasteiger partial charge in [-0.25, -0.2) is 27.9 Å². The van der Waals surface area contributed by atoms with Crippen LogP contribution < -0.4 is 4.72 Å². The molecule has 0 saturated carbocycles. The molecule has 0 amide bonds. The van der Waals surface area contributed by atoms with Crippen LogP contribution in [-0.4, -0.2) is 29.5 Å².